The Kier molecular flexibility index (Phi) is 8.33. The third-order valence-electron chi connectivity index (χ3n) is 5.17. The van der Waals surface area contributed by atoms with Crippen molar-refractivity contribution in [1.82, 2.24) is 5.32 Å². The van der Waals surface area contributed by atoms with E-state index in [9.17, 15) is 9.59 Å². The lowest BCUT2D eigenvalue weighted by Gasteiger charge is -2.15. The molecule has 1 unspecified atom stereocenters. The van der Waals surface area contributed by atoms with Crippen molar-refractivity contribution in [3.05, 3.63) is 95.6 Å². The molecule has 0 aromatic heterocycles. The van der Waals surface area contributed by atoms with Gasteiger partial charge in [0, 0.05) is 16.9 Å². The van der Waals surface area contributed by atoms with Crippen LogP contribution in [0, 0.1) is 5.92 Å². The maximum atomic E-state index is 12.7. The highest BCUT2D eigenvalue weighted by molar-refractivity contribution is 7.80. The SMILES string of the molecule is CC(C)Cc1ccc(C(C)C(=O)NC(=S)Nc2cccc(C(=O)Nc3ccccc3)c2)cc1. The van der Waals surface area contributed by atoms with Gasteiger partial charge in [0.15, 0.2) is 5.11 Å². The maximum Gasteiger partial charge on any atom is 0.255 e. The normalized spacial score (nSPS) is 11.5. The highest BCUT2D eigenvalue weighted by Crippen LogP contribution is 2.18. The van der Waals surface area contributed by atoms with Gasteiger partial charge in [-0.2, -0.15) is 0 Å². The summed E-state index contributed by atoms with van der Waals surface area (Å²) < 4.78 is 0. The molecular weight excluding hydrogens is 430 g/mol. The number of carbonyl (C=O) groups is 2. The third-order valence-corrected chi connectivity index (χ3v) is 5.37. The van der Waals surface area contributed by atoms with Crippen molar-refractivity contribution >= 4 is 40.5 Å². The summed E-state index contributed by atoms with van der Waals surface area (Å²) in [7, 11) is 0. The third kappa shape index (κ3) is 7.26. The largest absolute Gasteiger partial charge is 0.332 e. The van der Waals surface area contributed by atoms with E-state index in [2.05, 4.69) is 41.9 Å². The minimum atomic E-state index is -0.346. The first kappa shape index (κ1) is 24.1. The second-order valence-corrected chi connectivity index (χ2v) is 8.81. The van der Waals surface area contributed by atoms with Gasteiger partial charge in [0.2, 0.25) is 5.91 Å². The molecule has 3 aromatic carbocycles. The van der Waals surface area contributed by atoms with Crippen LogP contribution in [0.15, 0.2) is 78.9 Å². The predicted molar refractivity (Wildman–Crippen MR) is 139 cm³/mol. The number of benzene rings is 3. The van der Waals surface area contributed by atoms with E-state index in [1.807, 2.05) is 49.4 Å². The summed E-state index contributed by atoms with van der Waals surface area (Å²) in [4.78, 5) is 25.2. The van der Waals surface area contributed by atoms with Gasteiger partial charge in [-0.3, -0.25) is 9.59 Å². The highest BCUT2D eigenvalue weighted by Gasteiger charge is 2.17. The molecule has 0 aliphatic carbocycles. The Morgan fingerprint density at radius 2 is 1.48 bits per heavy atom. The van der Waals surface area contributed by atoms with Gasteiger partial charge in [0.1, 0.15) is 0 Å². The first-order valence-corrected chi connectivity index (χ1v) is 11.4. The molecule has 3 N–H and O–H groups in total. The van der Waals surface area contributed by atoms with Gasteiger partial charge in [0.05, 0.1) is 5.92 Å². The monoisotopic (exact) mass is 459 g/mol. The lowest BCUT2D eigenvalue weighted by molar-refractivity contribution is -0.120. The summed E-state index contributed by atoms with van der Waals surface area (Å²) in [6.45, 7) is 6.22. The number of hydrogen-bond acceptors (Lipinski definition) is 3. The average molecular weight is 460 g/mol. The van der Waals surface area contributed by atoms with Crippen LogP contribution in [0.1, 0.15) is 48.2 Å². The van der Waals surface area contributed by atoms with Gasteiger partial charge in [0.25, 0.3) is 5.91 Å². The van der Waals surface area contributed by atoms with Crippen molar-refractivity contribution in [2.45, 2.75) is 33.1 Å². The molecule has 0 spiro atoms. The van der Waals surface area contributed by atoms with Crippen LogP contribution < -0.4 is 16.0 Å². The molecule has 0 aliphatic rings. The Morgan fingerprint density at radius 3 is 2.15 bits per heavy atom. The summed E-state index contributed by atoms with van der Waals surface area (Å²) in [6, 6.07) is 24.3. The van der Waals surface area contributed by atoms with Crippen LogP contribution in [-0.2, 0) is 11.2 Å². The van der Waals surface area contributed by atoms with E-state index < -0.39 is 0 Å². The fourth-order valence-corrected chi connectivity index (χ4v) is 3.63. The Balaban J connectivity index is 1.57. The second-order valence-electron chi connectivity index (χ2n) is 8.41. The van der Waals surface area contributed by atoms with Crippen LogP contribution in [0.2, 0.25) is 0 Å². The summed E-state index contributed by atoms with van der Waals surface area (Å²) in [6.07, 6.45) is 1.01. The number of anilines is 2. The smallest absolute Gasteiger partial charge is 0.255 e. The summed E-state index contributed by atoms with van der Waals surface area (Å²) in [5.74, 6) is -0.180. The molecule has 0 saturated carbocycles. The van der Waals surface area contributed by atoms with Crippen molar-refractivity contribution < 1.29 is 9.59 Å². The van der Waals surface area contributed by atoms with Gasteiger partial charge in [-0.15, -0.1) is 0 Å². The van der Waals surface area contributed by atoms with Gasteiger partial charge in [-0.25, -0.2) is 0 Å². The van der Waals surface area contributed by atoms with E-state index in [-0.39, 0.29) is 22.8 Å². The summed E-state index contributed by atoms with van der Waals surface area (Å²) in [5.41, 5.74) is 4.01. The molecular formula is C27H29N3O2S. The molecule has 5 nitrogen and oxygen atoms in total. The Bertz CT molecular complexity index is 1110. The van der Waals surface area contributed by atoms with Crippen molar-refractivity contribution in [2.75, 3.05) is 10.6 Å². The van der Waals surface area contributed by atoms with Gasteiger partial charge in [-0.05, 0) is 72.9 Å². The van der Waals surface area contributed by atoms with Crippen LogP contribution in [0.25, 0.3) is 0 Å². The summed E-state index contributed by atoms with van der Waals surface area (Å²) >= 11 is 5.32. The molecule has 0 bridgehead atoms. The zero-order valence-corrected chi connectivity index (χ0v) is 19.9. The number of nitrogens with one attached hydrogen (secondary N) is 3. The van der Waals surface area contributed by atoms with E-state index >= 15 is 0 Å². The minimum Gasteiger partial charge on any atom is -0.332 e. The molecule has 170 valence electrons. The van der Waals surface area contributed by atoms with Crippen molar-refractivity contribution in [2.24, 2.45) is 5.92 Å². The van der Waals surface area contributed by atoms with Gasteiger partial charge in [-0.1, -0.05) is 62.4 Å². The lowest BCUT2D eigenvalue weighted by Crippen LogP contribution is -2.36. The zero-order valence-electron chi connectivity index (χ0n) is 19.1. The quantitative estimate of drug-likeness (QED) is 0.393. The highest BCUT2D eigenvalue weighted by atomic mass is 32.1. The second kappa shape index (κ2) is 11.4. The molecule has 1 atom stereocenters. The van der Waals surface area contributed by atoms with Crippen molar-refractivity contribution in [3.8, 4) is 0 Å². The fourth-order valence-electron chi connectivity index (χ4n) is 3.41. The minimum absolute atomic E-state index is 0.184. The van der Waals surface area contributed by atoms with Gasteiger partial charge < -0.3 is 16.0 Å². The molecule has 0 aliphatic heterocycles. The van der Waals surface area contributed by atoms with Crippen molar-refractivity contribution in [1.29, 1.82) is 0 Å². The molecule has 0 fully saturated rings. The molecule has 0 heterocycles. The first-order valence-electron chi connectivity index (χ1n) is 11.0. The van der Waals surface area contributed by atoms with E-state index in [0.29, 0.717) is 17.2 Å². The van der Waals surface area contributed by atoms with E-state index in [1.165, 1.54) is 5.56 Å². The molecule has 2 amide bonds. The topological polar surface area (TPSA) is 70.2 Å². The molecule has 0 saturated heterocycles. The Labute approximate surface area is 200 Å². The van der Waals surface area contributed by atoms with Crippen LogP contribution in [-0.4, -0.2) is 16.9 Å². The van der Waals surface area contributed by atoms with E-state index in [0.717, 1.165) is 17.7 Å². The number of para-hydroxylation sites is 1. The van der Waals surface area contributed by atoms with Crippen LogP contribution in [0.4, 0.5) is 11.4 Å². The van der Waals surface area contributed by atoms with Crippen LogP contribution in [0.3, 0.4) is 0 Å². The average Bonchev–Trinajstić information content (AvgIpc) is 2.79. The van der Waals surface area contributed by atoms with Crippen molar-refractivity contribution in [3.63, 3.8) is 0 Å². The molecule has 3 rings (SSSR count). The fraction of sp³-hybridized carbons (Fsp3) is 0.222. The number of amides is 2. The molecule has 3 aromatic rings. The van der Waals surface area contributed by atoms with Crippen LogP contribution >= 0.6 is 12.2 Å². The maximum absolute atomic E-state index is 12.7. The lowest BCUT2D eigenvalue weighted by atomic mass is 9.96. The van der Waals surface area contributed by atoms with Gasteiger partial charge >= 0.3 is 0 Å². The molecule has 6 heteroatoms. The first-order chi connectivity index (χ1) is 15.8. The van der Waals surface area contributed by atoms with E-state index in [1.54, 1.807) is 24.3 Å². The molecule has 0 radical (unpaired) electrons. The molecule has 33 heavy (non-hydrogen) atoms. The predicted octanol–water partition coefficient (Wildman–Crippen LogP) is 5.75. The standard InChI is InChI=1S/C27H29N3O2S/c1-18(2)16-20-12-14-21(15-13-20)19(3)25(31)30-27(33)29-24-11-7-8-22(17-24)26(32)28-23-9-5-4-6-10-23/h4-15,17-19H,16H2,1-3H3,(H,28,32)(H2,29,30,31,33). The Hall–Kier alpha value is -3.51. The number of carbonyl (C=O) groups excluding carboxylic acids is 2. The number of hydrogen-bond donors (Lipinski definition) is 3. The van der Waals surface area contributed by atoms with E-state index in [4.69, 9.17) is 12.2 Å². The van der Waals surface area contributed by atoms with Crippen LogP contribution in [0.5, 0.6) is 0 Å². The number of thiocarbonyl (C=S) groups is 1. The zero-order chi connectivity index (χ0) is 23.8. The Morgan fingerprint density at radius 1 is 0.818 bits per heavy atom. The summed E-state index contributed by atoms with van der Waals surface area (Å²) in [5, 5.41) is 8.76. The number of rotatable bonds is 7.